The highest BCUT2D eigenvalue weighted by Crippen LogP contribution is 2.25. The monoisotopic (exact) mass is 314 g/mol. The van der Waals surface area contributed by atoms with Crippen molar-refractivity contribution in [1.82, 2.24) is 4.98 Å². The summed E-state index contributed by atoms with van der Waals surface area (Å²) in [5.74, 6) is -0.167. The van der Waals surface area contributed by atoms with E-state index in [2.05, 4.69) is 15.0 Å². The van der Waals surface area contributed by atoms with E-state index in [0.717, 1.165) is 5.69 Å². The second kappa shape index (κ2) is 6.08. The fourth-order valence-corrected chi connectivity index (χ4v) is 2.35. The smallest absolute Gasteiger partial charge is 0.373 e. The van der Waals surface area contributed by atoms with Crippen LogP contribution >= 0.6 is 0 Å². The van der Waals surface area contributed by atoms with Gasteiger partial charge in [0.25, 0.3) is 0 Å². The molecule has 2 aromatic heterocycles. The number of ether oxygens (including phenoxy) is 1. The number of aryl methyl sites for hydroxylation is 1. The largest absolute Gasteiger partial charge is 0.463 e. The molecule has 0 aliphatic rings. The molecule has 1 aromatic carbocycles. The van der Waals surface area contributed by atoms with Crippen molar-refractivity contribution in [3.8, 4) is 0 Å². The van der Waals surface area contributed by atoms with Gasteiger partial charge < -0.3 is 14.5 Å². The summed E-state index contributed by atoms with van der Waals surface area (Å²) in [5.41, 5.74) is 1.78. The lowest BCUT2D eigenvalue weighted by Crippen LogP contribution is -2.02. The molecule has 0 fully saturated rings. The fourth-order valence-electron chi connectivity index (χ4n) is 2.35. The Balaban J connectivity index is 1.86. The van der Waals surface area contributed by atoms with Crippen LogP contribution < -0.4 is 5.32 Å². The summed E-state index contributed by atoms with van der Waals surface area (Å²) < 4.78 is 23.9. The molecule has 6 heteroatoms. The highest BCUT2D eigenvalue weighted by atomic mass is 19.1. The summed E-state index contributed by atoms with van der Waals surface area (Å²) in [6.45, 7) is 2.16. The first-order valence-electron chi connectivity index (χ1n) is 7.05. The number of hydrogen-bond acceptors (Lipinski definition) is 5. The van der Waals surface area contributed by atoms with Gasteiger partial charge in [-0.15, -0.1) is 0 Å². The maximum absolute atomic E-state index is 13.9. The maximum atomic E-state index is 13.9. The van der Waals surface area contributed by atoms with Gasteiger partial charge in [-0.1, -0.05) is 12.1 Å². The first kappa shape index (κ1) is 15.0. The highest BCUT2D eigenvalue weighted by molar-refractivity contribution is 5.91. The van der Waals surface area contributed by atoms with E-state index >= 15 is 0 Å². The van der Waals surface area contributed by atoms with Crippen molar-refractivity contribution in [3.05, 3.63) is 59.4 Å². The van der Waals surface area contributed by atoms with E-state index < -0.39 is 5.97 Å². The molecule has 0 aliphatic heterocycles. The van der Waals surface area contributed by atoms with E-state index in [4.69, 9.17) is 4.42 Å². The van der Waals surface area contributed by atoms with Crippen molar-refractivity contribution < 1.29 is 18.3 Å². The highest BCUT2D eigenvalue weighted by Gasteiger charge is 2.12. The van der Waals surface area contributed by atoms with Crippen molar-refractivity contribution in [3.63, 3.8) is 0 Å². The lowest BCUT2D eigenvalue weighted by Gasteiger charge is -2.10. The Kier molecular flexibility index (Phi) is 3.97. The molecule has 5 nitrogen and oxygen atoms in total. The van der Waals surface area contributed by atoms with Crippen LogP contribution in [0.5, 0.6) is 0 Å². The third kappa shape index (κ3) is 3.01. The Bertz CT molecular complexity index is 873. The Hall–Kier alpha value is -2.89. The Morgan fingerprint density at radius 1 is 1.35 bits per heavy atom. The number of carbonyl (C=O) groups is 1. The minimum Gasteiger partial charge on any atom is -0.463 e. The molecule has 23 heavy (non-hydrogen) atoms. The van der Waals surface area contributed by atoms with E-state index in [-0.39, 0.29) is 11.6 Å². The van der Waals surface area contributed by atoms with E-state index in [1.807, 2.05) is 6.07 Å². The number of pyridine rings is 1. The number of hydrogen-bond donors (Lipinski definition) is 1. The van der Waals surface area contributed by atoms with Crippen LogP contribution in [0, 0.1) is 12.7 Å². The first-order valence-corrected chi connectivity index (χ1v) is 7.05. The number of halogens is 1. The zero-order chi connectivity index (χ0) is 16.4. The number of esters is 1. The number of anilines is 1. The molecular formula is C17H15FN2O3. The molecule has 0 spiro atoms. The van der Waals surface area contributed by atoms with Crippen molar-refractivity contribution in [2.75, 3.05) is 12.4 Å². The van der Waals surface area contributed by atoms with Crippen LogP contribution in [0.4, 0.5) is 10.1 Å². The summed E-state index contributed by atoms with van der Waals surface area (Å²) in [6, 6.07) is 9.91. The molecule has 0 saturated heterocycles. The molecule has 118 valence electrons. The molecule has 0 bridgehead atoms. The Morgan fingerprint density at radius 3 is 2.96 bits per heavy atom. The van der Waals surface area contributed by atoms with Gasteiger partial charge in [0.2, 0.25) is 5.76 Å². The first-order chi connectivity index (χ1) is 11.1. The Morgan fingerprint density at radius 2 is 2.17 bits per heavy atom. The van der Waals surface area contributed by atoms with Gasteiger partial charge in [-0.2, -0.15) is 0 Å². The van der Waals surface area contributed by atoms with Crippen LogP contribution in [0.3, 0.4) is 0 Å². The van der Waals surface area contributed by atoms with Gasteiger partial charge in [0.1, 0.15) is 17.1 Å². The zero-order valence-corrected chi connectivity index (χ0v) is 12.7. The van der Waals surface area contributed by atoms with Crippen LogP contribution in [0.15, 0.2) is 40.8 Å². The molecule has 0 unspecified atom stereocenters. The summed E-state index contributed by atoms with van der Waals surface area (Å²) in [6.07, 6.45) is 0. The topological polar surface area (TPSA) is 64.4 Å². The van der Waals surface area contributed by atoms with E-state index in [0.29, 0.717) is 28.9 Å². The average Bonchev–Trinajstić information content (AvgIpc) is 3.02. The molecule has 2 heterocycles. The Labute approximate surface area is 132 Å². The number of nitrogens with zero attached hydrogens (tertiary/aromatic N) is 1. The van der Waals surface area contributed by atoms with Gasteiger partial charge in [0.15, 0.2) is 0 Å². The normalized spacial score (nSPS) is 10.7. The lowest BCUT2D eigenvalue weighted by atomic mass is 10.1. The third-order valence-corrected chi connectivity index (χ3v) is 3.42. The van der Waals surface area contributed by atoms with Crippen LogP contribution in [0.25, 0.3) is 10.9 Å². The van der Waals surface area contributed by atoms with Crippen LogP contribution in [0.2, 0.25) is 0 Å². The van der Waals surface area contributed by atoms with E-state index in [1.54, 1.807) is 31.2 Å². The SMILES string of the molecule is COC(=O)c1ccc(CNc2cc(C)nc3c(F)cccc23)o1. The van der Waals surface area contributed by atoms with Crippen molar-refractivity contribution >= 4 is 22.6 Å². The van der Waals surface area contributed by atoms with Crippen LogP contribution in [0.1, 0.15) is 22.0 Å². The van der Waals surface area contributed by atoms with Gasteiger partial charge in [-0.25, -0.2) is 14.2 Å². The molecule has 3 rings (SSSR count). The van der Waals surface area contributed by atoms with Crippen molar-refractivity contribution in [2.45, 2.75) is 13.5 Å². The number of furan rings is 1. The molecule has 0 aliphatic carbocycles. The third-order valence-electron chi connectivity index (χ3n) is 3.42. The summed E-state index contributed by atoms with van der Waals surface area (Å²) >= 11 is 0. The van der Waals surface area contributed by atoms with Gasteiger partial charge in [-0.05, 0) is 31.2 Å². The fraction of sp³-hybridized carbons (Fsp3) is 0.176. The van der Waals surface area contributed by atoms with Crippen LogP contribution in [-0.4, -0.2) is 18.1 Å². The summed E-state index contributed by atoms with van der Waals surface area (Å²) in [7, 11) is 1.29. The second-order valence-corrected chi connectivity index (χ2v) is 5.06. The zero-order valence-electron chi connectivity index (χ0n) is 12.7. The summed E-state index contributed by atoms with van der Waals surface area (Å²) in [4.78, 5) is 15.6. The van der Waals surface area contributed by atoms with Crippen LogP contribution in [-0.2, 0) is 11.3 Å². The minimum atomic E-state index is -0.525. The number of methoxy groups -OCH3 is 1. The number of para-hydroxylation sites is 1. The van der Waals surface area contributed by atoms with E-state index in [9.17, 15) is 9.18 Å². The number of fused-ring (bicyclic) bond motifs is 1. The van der Waals surface area contributed by atoms with Crippen molar-refractivity contribution in [1.29, 1.82) is 0 Å². The van der Waals surface area contributed by atoms with Gasteiger partial charge in [-0.3, -0.25) is 0 Å². The molecule has 1 N–H and O–H groups in total. The molecule has 0 saturated carbocycles. The number of benzene rings is 1. The molecule has 0 amide bonds. The molecule has 0 radical (unpaired) electrons. The summed E-state index contributed by atoms with van der Waals surface area (Å²) in [5, 5.41) is 3.88. The predicted molar refractivity (Wildman–Crippen MR) is 83.8 cm³/mol. The quantitative estimate of drug-likeness (QED) is 0.744. The maximum Gasteiger partial charge on any atom is 0.373 e. The predicted octanol–water partition coefficient (Wildman–Crippen LogP) is 3.67. The van der Waals surface area contributed by atoms with Gasteiger partial charge >= 0.3 is 5.97 Å². The number of carbonyl (C=O) groups excluding carboxylic acids is 1. The number of nitrogens with one attached hydrogen (secondary N) is 1. The van der Waals surface area contributed by atoms with Gasteiger partial charge in [0.05, 0.1) is 13.7 Å². The van der Waals surface area contributed by atoms with Crippen molar-refractivity contribution in [2.24, 2.45) is 0 Å². The standard InChI is InChI=1S/C17H15FN2O3/c1-10-8-14(12-4-3-5-13(18)16(12)20-10)19-9-11-6-7-15(23-11)17(21)22-2/h3-8H,9H2,1-2H3,(H,19,20). The molecular weight excluding hydrogens is 299 g/mol. The number of aromatic nitrogens is 1. The molecule has 0 atom stereocenters. The molecule has 3 aromatic rings. The number of rotatable bonds is 4. The minimum absolute atomic E-state index is 0.145. The van der Waals surface area contributed by atoms with Gasteiger partial charge in [0, 0.05) is 16.8 Å². The average molecular weight is 314 g/mol. The van der Waals surface area contributed by atoms with E-state index in [1.165, 1.54) is 13.2 Å². The lowest BCUT2D eigenvalue weighted by molar-refractivity contribution is 0.0563. The second-order valence-electron chi connectivity index (χ2n) is 5.06.